The first-order valence-electron chi connectivity index (χ1n) is 8.03. The van der Waals surface area contributed by atoms with E-state index in [1.165, 1.54) is 8.61 Å². The van der Waals surface area contributed by atoms with Gasteiger partial charge in [-0.25, -0.2) is 8.42 Å². The van der Waals surface area contributed by atoms with Crippen LogP contribution in [0.15, 0.2) is 24.3 Å². The van der Waals surface area contributed by atoms with Crippen molar-refractivity contribution in [3.8, 4) is 0 Å². The van der Waals surface area contributed by atoms with Crippen LogP contribution in [0.1, 0.15) is 30.1 Å². The van der Waals surface area contributed by atoms with Crippen molar-refractivity contribution in [3.63, 3.8) is 0 Å². The molecule has 9 heteroatoms. The number of halogens is 1. The van der Waals surface area contributed by atoms with E-state index in [4.69, 9.17) is 11.6 Å². The van der Waals surface area contributed by atoms with Crippen LogP contribution in [0.3, 0.4) is 0 Å². The van der Waals surface area contributed by atoms with Crippen LogP contribution in [0.25, 0.3) is 0 Å². The number of nitrogens with zero attached hydrogens (tertiary/aromatic N) is 2. The number of rotatable bonds is 3. The molecule has 6 nitrogen and oxygen atoms in total. The number of benzene rings is 1. The molecule has 2 heterocycles. The van der Waals surface area contributed by atoms with Gasteiger partial charge in [-0.15, -0.1) is 0 Å². The van der Waals surface area contributed by atoms with Crippen molar-refractivity contribution < 1.29 is 16.8 Å². The molecule has 1 unspecified atom stereocenters. The average Bonchev–Trinajstić information content (AvgIpc) is 3.01. The number of hydrogen-bond acceptors (Lipinski definition) is 4. The van der Waals surface area contributed by atoms with Crippen molar-refractivity contribution in [2.24, 2.45) is 0 Å². The lowest BCUT2D eigenvalue weighted by Crippen LogP contribution is -2.43. The minimum atomic E-state index is -3.58. The van der Waals surface area contributed by atoms with E-state index >= 15 is 0 Å². The van der Waals surface area contributed by atoms with Crippen LogP contribution < -0.4 is 0 Å². The molecule has 1 aromatic rings. The molecule has 0 bridgehead atoms. The van der Waals surface area contributed by atoms with Gasteiger partial charge < -0.3 is 0 Å². The molecule has 2 saturated heterocycles. The maximum absolute atomic E-state index is 12.7. The second-order valence-electron chi connectivity index (χ2n) is 6.18. The largest absolute Gasteiger partial charge is 0.282 e. The minimum absolute atomic E-state index is 0.00210. The maximum atomic E-state index is 12.7. The van der Waals surface area contributed by atoms with Crippen LogP contribution >= 0.6 is 11.6 Å². The van der Waals surface area contributed by atoms with Crippen LogP contribution in [0.2, 0.25) is 5.02 Å². The zero-order chi connectivity index (χ0) is 17.4. The van der Waals surface area contributed by atoms with Crippen LogP contribution in [0.4, 0.5) is 0 Å². The molecule has 0 aliphatic carbocycles. The molecule has 3 rings (SSSR count). The van der Waals surface area contributed by atoms with E-state index in [1.807, 2.05) is 0 Å². The normalized spacial score (nSPS) is 26.3. The van der Waals surface area contributed by atoms with Crippen molar-refractivity contribution in [1.29, 1.82) is 0 Å². The molecule has 24 heavy (non-hydrogen) atoms. The van der Waals surface area contributed by atoms with E-state index in [0.29, 0.717) is 23.7 Å². The Bertz CT molecular complexity index is 805. The maximum Gasteiger partial charge on any atom is 0.282 e. The topological polar surface area (TPSA) is 74.8 Å². The summed E-state index contributed by atoms with van der Waals surface area (Å²) in [6, 6.07) is 6.87. The van der Waals surface area contributed by atoms with Gasteiger partial charge in [-0.05, 0) is 30.9 Å². The lowest BCUT2D eigenvalue weighted by molar-refractivity contribution is 0.370. The molecule has 0 aromatic heterocycles. The second kappa shape index (κ2) is 6.92. The predicted molar refractivity (Wildman–Crippen MR) is 93.9 cm³/mol. The summed E-state index contributed by atoms with van der Waals surface area (Å²) < 4.78 is 53.5. The van der Waals surface area contributed by atoms with Gasteiger partial charge in [-0.3, -0.25) is 0 Å². The zero-order valence-electron chi connectivity index (χ0n) is 13.3. The van der Waals surface area contributed by atoms with Crippen LogP contribution in [-0.4, -0.2) is 57.4 Å². The Morgan fingerprint density at radius 2 is 1.62 bits per heavy atom. The molecular formula is C15H21ClN2O4S2. The molecule has 0 radical (unpaired) electrons. The van der Waals surface area contributed by atoms with Gasteiger partial charge in [0, 0.05) is 31.2 Å². The molecular weight excluding hydrogens is 372 g/mol. The first-order chi connectivity index (χ1) is 11.3. The van der Waals surface area contributed by atoms with E-state index < -0.39 is 25.3 Å². The van der Waals surface area contributed by atoms with Crippen molar-refractivity contribution in [2.75, 3.05) is 31.9 Å². The summed E-state index contributed by atoms with van der Waals surface area (Å²) in [6.07, 6.45) is 1.93. The van der Waals surface area contributed by atoms with Gasteiger partial charge in [0.05, 0.1) is 11.0 Å². The molecule has 0 spiro atoms. The molecule has 1 aromatic carbocycles. The van der Waals surface area contributed by atoms with Crippen molar-refractivity contribution in [1.82, 2.24) is 8.61 Å². The monoisotopic (exact) mass is 392 g/mol. The van der Waals surface area contributed by atoms with Crippen molar-refractivity contribution in [3.05, 3.63) is 34.9 Å². The standard InChI is InChI=1S/C15H21ClN2O4S2/c16-14-6-2-1-5-13(14)15-7-10-18(11-12-23(15,19)20)24(21,22)17-8-3-4-9-17/h1-2,5-6,15H,3-4,7-12H2. The third-order valence-corrected chi connectivity index (χ3v) is 9.16. The lowest BCUT2D eigenvalue weighted by atomic mass is 10.1. The SMILES string of the molecule is O=S1(=O)CCN(S(=O)(=O)N2CCCC2)CCC1c1ccccc1Cl. The van der Waals surface area contributed by atoms with E-state index in [2.05, 4.69) is 0 Å². The van der Waals surface area contributed by atoms with Gasteiger partial charge in [-0.2, -0.15) is 17.0 Å². The Kier molecular flexibility index (Phi) is 5.22. The van der Waals surface area contributed by atoms with Crippen molar-refractivity contribution in [2.45, 2.75) is 24.5 Å². The van der Waals surface area contributed by atoms with Gasteiger partial charge in [0.25, 0.3) is 10.2 Å². The highest BCUT2D eigenvalue weighted by molar-refractivity contribution is 7.91. The Morgan fingerprint density at radius 1 is 1.00 bits per heavy atom. The van der Waals surface area contributed by atoms with Crippen LogP contribution in [-0.2, 0) is 20.0 Å². The van der Waals surface area contributed by atoms with Crippen molar-refractivity contribution >= 4 is 31.6 Å². The summed E-state index contributed by atoms with van der Waals surface area (Å²) in [6.45, 7) is 1.22. The highest BCUT2D eigenvalue weighted by Crippen LogP contribution is 2.34. The van der Waals surface area contributed by atoms with Gasteiger partial charge in [0.2, 0.25) is 0 Å². The summed E-state index contributed by atoms with van der Waals surface area (Å²) in [5.74, 6) is -0.185. The highest BCUT2D eigenvalue weighted by atomic mass is 35.5. The predicted octanol–water partition coefficient (Wildman–Crippen LogP) is 1.84. The lowest BCUT2D eigenvalue weighted by Gasteiger charge is -2.25. The fourth-order valence-corrected chi connectivity index (χ4v) is 7.29. The van der Waals surface area contributed by atoms with E-state index in [1.54, 1.807) is 24.3 Å². The Balaban J connectivity index is 1.86. The van der Waals surface area contributed by atoms with Gasteiger partial charge >= 0.3 is 0 Å². The van der Waals surface area contributed by atoms with Gasteiger partial charge in [0.15, 0.2) is 9.84 Å². The number of sulfone groups is 1. The first-order valence-corrected chi connectivity index (χ1v) is 11.5. The molecule has 2 aliphatic rings. The van der Waals surface area contributed by atoms with E-state index in [-0.39, 0.29) is 25.3 Å². The molecule has 0 amide bonds. The summed E-state index contributed by atoms with van der Waals surface area (Å²) in [5, 5.41) is -0.355. The quantitative estimate of drug-likeness (QED) is 0.786. The number of hydrogen-bond donors (Lipinski definition) is 0. The fourth-order valence-electron chi connectivity index (χ4n) is 3.32. The fraction of sp³-hybridized carbons (Fsp3) is 0.600. The zero-order valence-corrected chi connectivity index (χ0v) is 15.7. The Morgan fingerprint density at radius 3 is 2.29 bits per heavy atom. The molecule has 2 fully saturated rings. The first kappa shape index (κ1) is 18.1. The van der Waals surface area contributed by atoms with E-state index in [0.717, 1.165) is 12.8 Å². The minimum Gasteiger partial charge on any atom is -0.228 e. The third-order valence-electron chi connectivity index (χ3n) is 4.67. The summed E-state index contributed by atoms with van der Waals surface area (Å²) >= 11 is 6.16. The summed E-state index contributed by atoms with van der Waals surface area (Å²) in [7, 11) is -7.04. The molecule has 2 aliphatic heterocycles. The van der Waals surface area contributed by atoms with Gasteiger partial charge in [-0.1, -0.05) is 29.8 Å². The third kappa shape index (κ3) is 3.48. The average molecular weight is 393 g/mol. The highest BCUT2D eigenvalue weighted by Gasteiger charge is 2.38. The molecule has 1 atom stereocenters. The molecule has 134 valence electrons. The second-order valence-corrected chi connectivity index (χ2v) is 10.8. The smallest absolute Gasteiger partial charge is 0.228 e. The Hall–Kier alpha value is -0.670. The molecule has 0 N–H and O–H groups in total. The van der Waals surface area contributed by atoms with Crippen LogP contribution in [0, 0.1) is 0 Å². The van der Waals surface area contributed by atoms with Gasteiger partial charge in [0.1, 0.15) is 0 Å². The molecule has 0 saturated carbocycles. The summed E-state index contributed by atoms with van der Waals surface area (Å²) in [4.78, 5) is 0. The van der Waals surface area contributed by atoms with Crippen LogP contribution in [0.5, 0.6) is 0 Å². The summed E-state index contributed by atoms with van der Waals surface area (Å²) in [5.41, 5.74) is 0.555. The Labute approximate surface area is 148 Å². The van der Waals surface area contributed by atoms with E-state index in [9.17, 15) is 16.8 Å².